The summed E-state index contributed by atoms with van der Waals surface area (Å²) in [5.74, 6) is -0.0851. The Balaban J connectivity index is 2.02. The number of carbonyl (C=O) groups is 1. The fourth-order valence-corrected chi connectivity index (χ4v) is 2.35. The van der Waals surface area contributed by atoms with Gasteiger partial charge in [-0.25, -0.2) is 0 Å². The molecule has 0 saturated heterocycles. The van der Waals surface area contributed by atoms with Crippen molar-refractivity contribution in [2.24, 2.45) is 0 Å². The van der Waals surface area contributed by atoms with Crippen LogP contribution in [0, 0.1) is 0 Å². The number of anilines is 1. The van der Waals surface area contributed by atoms with Gasteiger partial charge in [-0.15, -0.1) is 0 Å². The first-order valence-electron chi connectivity index (χ1n) is 5.74. The van der Waals surface area contributed by atoms with Crippen molar-refractivity contribution < 1.29 is 4.79 Å². The van der Waals surface area contributed by atoms with Crippen LogP contribution in [0.2, 0.25) is 10.0 Å². The number of allylic oxidation sites excluding steroid dienone is 1. The summed E-state index contributed by atoms with van der Waals surface area (Å²) in [5, 5.41) is 4.03. The van der Waals surface area contributed by atoms with Crippen LogP contribution in [0.25, 0.3) is 0 Å². The normalized spacial score (nSPS) is 10.8. The Morgan fingerprint density at radius 1 is 1.05 bits per heavy atom. The van der Waals surface area contributed by atoms with E-state index in [0.717, 1.165) is 10.2 Å². The van der Waals surface area contributed by atoms with Gasteiger partial charge in [0.1, 0.15) is 0 Å². The Morgan fingerprint density at radius 3 is 2.25 bits per heavy atom. The Bertz CT molecular complexity index is 633. The van der Waals surface area contributed by atoms with Gasteiger partial charge in [0.05, 0.1) is 0 Å². The Hall–Kier alpha value is -1.29. The van der Waals surface area contributed by atoms with Crippen molar-refractivity contribution in [2.75, 3.05) is 5.32 Å². The minimum absolute atomic E-state index is 0.0851. The van der Waals surface area contributed by atoms with Crippen molar-refractivity contribution in [3.63, 3.8) is 0 Å². The standard InChI is InChI=1S/C15H10BrCl2NO/c16-11-3-1-10(2-4-11)15(20)5-6-19-14-8-12(17)7-13(18)9-14/h1-9,19H. The van der Waals surface area contributed by atoms with Gasteiger partial charge in [0.15, 0.2) is 5.78 Å². The maximum absolute atomic E-state index is 11.9. The van der Waals surface area contributed by atoms with Crippen LogP contribution in [0.1, 0.15) is 10.4 Å². The number of rotatable bonds is 4. The quantitative estimate of drug-likeness (QED) is 0.563. The van der Waals surface area contributed by atoms with E-state index in [1.165, 1.54) is 6.08 Å². The number of halogens is 3. The van der Waals surface area contributed by atoms with Crippen LogP contribution in [0.5, 0.6) is 0 Å². The van der Waals surface area contributed by atoms with Gasteiger partial charge in [-0.05, 0) is 42.5 Å². The molecule has 0 aromatic heterocycles. The lowest BCUT2D eigenvalue weighted by molar-refractivity contribution is 0.104. The topological polar surface area (TPSA) is 29.1 Å². The molecule has 0 fully saturated rings. The van der Waals surface area contributed by atoms with E-state index < -0.39 is 0 Å². The molecule has 0 spiro atoms. The zero-order valence-corrected chi connectivity index (χ0v) is 13.3. The molecule has 0 radical (unpaired) electrons. The van der Waals surface area contributed by atoms with E-state index in [9.17, 15) is 4.79 Å². The molecule has 1 N–H and O–H groups in total. The summed E-state index contributed by atoms with van der Waals surface area (Å²) in [4.78, 5) is 11.9. The van der Waals surface area contributed by atoms with E-state index in [-0.39, 0.29) is 5.78 Å². The molecule has 102 valence electrons. The lowest BCUT2D eigenvalue weighted by atomic mass is 10.1. The van der Waals surface area contributed by atoms with Gasteiger partial charge in [0.2, 0.25) is 0 Å². The summed E-state index contributed by atoms with van der Waals surface area (Å²) in [7, 11) is 0. The second-order valence-electron chi connectivity index (χ2n) is 4.01. The van der Waals surface area contributed by atoms with Crippen molar-refractivity contribution in [2.45, 2.75) is 0 Å². The van der Waals surface area contributed by atoms with Gasteiger partial charge < -0.3 is 5.32 Å². The van der Waals surface area contributed by atoms with Crippen LogP contribution in [0.3, 0.4) is 0 Å². The fraction of sp³-hybridized carbons (Fsp3) is 0. The van der Waals surface area contributed by atoms with Gasteiger partial charge in [0, 0.05) is 38.0 Å². The van der Waals surface area contributed by atoms with Crippen molar-refractivity contribution in [3.8, 4) is 0 Å². The molecule has 0 atom stereocenters. The Morgan fingerprint density at radius 2 is 1.65 bits per heavy atom. The molecule has 20 heavy (non-hydrogen) atoms. The molecule has 0 heterocycles. The summed E-state index contributed by atoms with van der Waals surface area (Å²) in [6, 6.07) is 12.3. The van der Waals surface area contributed by atoms with Crippen molar-refractivity contribution in [3.05, 3.63) is 74.8 Å². The highest BCUT2D eigenvalue weighted by molar-refractivity contribution is 9.10. The van der Waals surface area contributed by atoms with E-state index in [1.807, 2.05) is 12.1 Å². The number of nitrogens with one attached hydrogen (secondary N) is 1. The lowest BCUT2D eigenvalue weighted by Crippen LogP contribution is -1.96. The second kappa shape index (κ2) is 6.93. The first-order chi connectivity index (χ1) is 9.54. The second-order valence-corrected chi connectivity index (χ2v) is 5.80. The third-order valence-corrected chi connectivity index (χ3v) is 3.44. The largest absolute Gasteiger partial charge is 0.361 e. The molecule has 0 bridgehead atoms. The highest BCUT2D eigenvalue weighted by Crippen LogP contribution is 2.22. The maximum atomic E-state index is 11.9. The molecule has 0 aliphatic carbocycles. The summed E-state index contributed by atoms with van der Waals surface area (Å²) in [6.07, 6.45) is 3.02. The van der Waals surface area contributed by atoms with Crippen LogP contribution in [-0.2, 0) is 0 Å². The zero-order valence-electron chi connectivity index (χ0n) is 10.2. The molecule has 2 nitrogen and oxygen atoms in total. The van der Waals surface area contributed by atoms with Gasteiger partial charge in [-0.1, -0.05) is 39.1 Å². The first kappa shape index (κ1) is 15.1. The third-order valence-electron chi connectivity index (χ3n) is 2.48. The first-order valence-corrected chi connectivity index (χ1v) is 7.28. The van der Waals surface area contributed by atoms with Gasteiger partial charge >= 0.3 is 0 Å². The fourth-order valence-electron chi connectivity index (χ4n) is 1.56. The van der Waals surface area contributed by atoms with E-state index in [0.29, 0.717) is 15.6 Å². The monoisotopic (exact) mass is 369 g/mol. The molecule has 5 heteroatoms. The van der Waals surface area contributed by atoms with Gasteiger partial charge in [-0.3, -0.25) is 4.79 Å². The summed E-state index contributed by atoms with van der Waals surface area (Å²) < 4.78 is 0.935. The number of ketones is 1. The number of hydrogen-bond donors (Lipinski definition) is 1. The smallest absolute Gasteiger partial charge is 0.187 e. The summed E-state index contributed by atoms with van der Waals surface area (Å²) >= 11 is 15.1. The van der Waals surface area contributed by atoms with Crippen molar-refractivity contribution in [1.82, 2.24) is 0 Å². The van der Waals surface area contributed by atoms with E-state index in [4.69, 9.17) is 23.2 Å². The summed E-state index contributed by atoms with van der Waals surface area (Å²) in [5.41, 5.74) is 1.35. The van der Waals surface area contributed by atoms with E-state index in [2.05, 4.69) is 21.2 Å². The molecule has 0 aliphatic rings. The highest BCUT2D eigenvalue weighted by Gasteiger charge is 2.01. The Kier molecular flexibility index (Phi) is 5.24. The van der Waals surface area contributed by atoms with Crippen molar-refractivity contribution in [1.29, 1.82) is 0 Å². The Labute approximate surface area is 135 Å². The molecular formula is C15H10BrCl2NO. The van der Waals surface area contributed by atoms with Crippen LogP contribution >= 0.6 is 39.1 Å². The predicted molar refractivity (Wildman–Crippen MR) is 87.7 cm³/mol. The molecule has 0 saturated carbocycles. The number of benzene rings is 2. The SMILES string of the molecule is O=C(C=CNc1cc(Cl)cc(Cl)c1)c1ccc(Br)cc1. The molecule has 2 aromatic carbocycles. The van der Waals surface area contributed by atoms with E-state index >= 15 is 0 Å². The zero-order chi connectivity index (χ0) is 14.5. The molecule has 0 aliphatic heterocycles. The average Bonchev–Trinajstić information content (AvgIpc) is 2.38. The maximum Gasteiger partial charge on any atom is 0.187 e. The van der Waals surface area contributed by atoms with Crippen LogP contribution in [0.15, 0.2) is 59.2 Å². The highest BCUT2D eigenvalue weighted by atomic mass is 79.9. The van der Waals surface area contributed by atoms with Crippen LogP contribution < -0.4 is 5.32 Å². The summed E-state index contributed by atoms with van der Waals surface area (Å²) in [6.45, 7) is 0. The lowest BCUT2D eigenvalue weighted by Gasteiger charge is -2.02. The van der Waals surface area contributed by atoms with E-state index in [1.54, 1.807) is 36.5 Å². The van der Waals surface area contributed by atoms with Crippen LogP contribution in [0.4, 0.5) is 5.69 Å². The molecular weight excluding hydrogens is 361 g/mol. The minimum atomic E-state index is -0.0851. The minimum Gasteiger partial charge on any atom is -0.361 e. The average molecular weight is 371 g/mol. The number of carbonyl (C=O) groups excluding carboxylic acids is 1. The molecule has 2 aromatic rings. The van der Waals surface area contributed by atoms with Crippen molar-refractivity contribution >= 4 is 50.6 Å². The molecule has 0 amide bonds. The molecule has 2 rings (SSSR count). The molecule has 0 unspecified atom stereocenters. The van der Waals surface area contributed by atoms with Gasteiger partial charge in [-0.2, -0.15) is 0 Å². The van der Waals surface area contributed by atoms with Crippen LogP contribution in [-0.4, -0.2) is 5.78 Å². The third kappa shape index (κ3) is 4.37. The number of hydrogen-bond acceptors (Lipinski definition) is 2. The van der Waals surface area contributed by atoms with Gasteiger partial charge in [0.25, 0.3) is 0 Å². The predicted octanol–water partition coefficient (Wildman–Crippen LogP) is 5.56.